The first-order valence-corrected chi connectivity index (χ1v) is 12.0. The van der Waals surface area contributed by atoms with Gasteiger partial charge in [0.25, 0.3) is 0 Å². The summed E-state index contributed by atoms with van der Waals surface area (Å²) in [7, 11) is -0.434. The summed E-state index contributed by atoms with van der Waals surface area (Å²) in [4.78, 5) is 12.7. The number of carbonyl (C=O) groups excluding carboxylic acids is 1. The van der Waals surface area contributed by atoms with Crippen molar-refractivity contribution in [1.29, 1.82) is 0 Å². The zero-order valence-electron chi connectivity index (χ0n) is 18.3. The normalized spacial score (nSPS) is 17.2. The van der Waals surface area contributed by atoms with Gasteiger partial charge in [0.15, 0.2) is 11.5 Å². The lowest BCUT2D eigenvalue weighted by Crippen LogP contribution is -2.43. The summed E-state index contributed by atoms with van der Waals surface area (Å²) in [5.74, 6) is 0.956. The molecule has 1 amide bonds. The lowest BCUT2D eigenvalue weighted by Gasteiger charge is -2.34. The molecule has 0 aliphatic carbocycles. The van der Waals surface area contributed by atoms with Gasteiger partial charge in [-0.3, -0.25) is 4.79 Å². The minimum atomic E-state index is -3.54. The summed E-state index contributed by atoms with van der Waals surface area (Å²) in [6.45, 7) is 2.58. The van der Waals surface area contributed by atoms with Gasteiger partial charge in [-0.05, 0) is 61.2 Å². The minimum absolute atomic E-state index is 0.0552. The number of nitrogens with zero attached hydrogens (tertiary/aromatic N) is 1. The third-order valence-corrected chi connectivity index (χ3v) is 7.57. The molecule has 8 heteroatoms. The number of ether oxygens (including phenoxy) is 2. The summed E-state index contributed by atoms with van der Waals surface area (Å²) in [5.41, 5.74) is 1.33. The third-order valence-electron chi connectivity index (χ3n) is 5.60. The van der Waals surface area contributed by atoms with Crippen LogP contribution in [-0.2, 0) is 21.2 Å². The van der Waals surface area contributed by atoms with Gasteiger partial charge in [0, 0.05) is 18.3 Å². The fraction of sp³-hybridized carbons (Fsp3) is 0.435. The van der Waals surface area contributed by atoms with E-state index >= 15 is 0 Å². The Labute approximate surface area is 184 Å². The van der Waals surface area contributed by atoms with Gasteiger partial charge >= 0.3 is 0 Å². The molecule has 0 unspecified atom stereocenters. The molecule has 1 N–H and O–H groups in total. The van der Waals surface area contributed by atoms with Crippen LogP contribution >= 0.6 is 0 Å². The Balaban J connectivity index is 1.67. The molecule has 7 nitrogen and oxygen atoms in total. The van der Waals surface area contributed by atoms with Crippen LogP contribution in [0, 0.1) is 0 Å². The lowest BCUT2D eigenvalue weighted by atomic mass is 10.0. The van der Waals surface area contributed by atoms with Crippen molar-refractivity contribution in [2.75, 3.05) is 26.1 Å². The fourth-order valence-electron chi connectivity index (χ4n) is 3.93. The maximum absolute atomic E-state index is 13.1. The maximum atomic E-state index is 13.1. The number of methoxy groups -OCH3 is 2. The van der Waals surface area contributed by atoms with Crippen LogP contribution in [0.4, 0.5) is 5.69 Å². The predicted molar refractivity (Wildman–Crippen MR) is 120 cm³/mol. The van der Waals surface area contributed by atoms with E-state index in [1.165, 1.54) is 0 Å². The van der Waals surface area contributed by atoms with Crippen LogP contribution in [0.3, 0.4) is 0 Å². The van der Waals surface area contributed by atoms with Crippen molar-refractivity contribution >= 4 is 21.6 Å². The second-order valence-corrected chi connectivity index (χ2v) is 9.50. The van der Waals surface area contributed by atoms with Crippen LogP contribution in [0.2, 0.25) is 0 Å². The Bertz CT molecular complexity index is 1010. The SMILES string of the molecule is CC[C@H]1CCCCN1S(=O)(=O)c1ccc(NC(=O)Cc2ccc(OC)c(OC)c2)cc1. The van der Waals surface area contributed by atoms with E-state index < -0.39 is 10.0 Å². The molecule has 31 heavy (non-hydrogen) atoms. The van der Waals surface area contributed by atoms with E-state index in [1.54, 1.807) is 61.0 Å². The number of sulfonamides is 1. The average Bonchev–Trinajstić information content (AvgIpc) is 2.79. The number of nitrogens with one attached hydrogen (secondary N) is 1. The molecule has 0 saturated carbocycles. The van der Waals surface area contributed by atoms with Crippen molar-refractivity contribution in [2.45, 2.75) is 50.0 Å². The van der Waals surface area contributed by atoms with E-state index in [4.69, 9.17) is 9.47 Å². The van der Waals surface area contributed by atoms with Crippen molar-refractivity contribution in [2.24, 2.45) is 0 Å². The molecule has 1 heterocycles. The Morgan fingerprint density at radius 3 is 2.42 bits per heavy atom. The van der Waals surface area contributed by atoms with E-state index in [2.05, 4.69) is 5.32 Å². The summed E-state index contributed by atoms with van der Waals surface area (Å²) in [6.07, 6.45) is 3.82. The second-order valence-electron chi connectivity index (χ2n) is 7.61. The number of amides is 1. The first-order chi connectivity index (χ1) is 14.9. The van der Waals surface area contributed by atoms with Gasteiger partial charge in [-0.25, -0.2) is 8.42 Å². The van der Waals surface area contributed by atoms with E-state index in [-0.39, 0.29) is 23.3 Å². The average molecular weight is 447 g/mol. The molecule has 168 valence electrons. The predicted octanol–water partition coefficient (Wildman–Crippen LogP) is 3.84. The van der Waals surface area contributed by atoms with Gasteiger partial charge < -0.3 is 14.8 Å². The fourth-order valence-corrected chi connectivity index (χ4v) is 5.69. The van der Waals surface area contributed by atoms with E-state index in [0.717, 1.165) is 31.2 Å². The van der Waals surface area contributed by atoms with Gasteiger partial charge in [0.2, 0.25) is 15.9 Å². The molecule has 1 fully saturated rings. The van der Waals surface area contributed by atoms with Crippen molar-refractivity contribution in [3.8, 4) is 11.5 Å². The maximum Gasteiger partial charge on any atom is 0.243 e. The monoisotopic (exact) mass is 446 g/mol. The number of anilines is 1. The summed E-state index contributed by atoms with van der Waals surface area (Å²) in [5, 5.41) is 2.82. The number of rotatable bonds is 8. The van der Waals surface area contributed by atoms with Crippen LogP contribution in [0.5, 0.6) is 11.5 Å². The summed E-state index contributed by atoms with van der Waals surface area (Å²) in [6, 6.07) is 11.8. The van der Waals surface area contributed by atoms with Crippen LogP contribution in [0.25, 0.3) is 0 Å². The topological polar surface area (TPSA) is 84.9 Å². The first kappa shape index (κ1) is 23.1. The Hall–Kier alpha value is -2.58. The highest BCUT2D eigenvalue weighted by atomic mass is 32.2. The van der Waals surface area contributed by atoms with E-state index in [9.17, 15) is 13.2 Å². The highest BCUT2D eigenvalue weighted by Crippen LogP contribution is 2.29. The number of hydrogen-bond acceptors (Lipinski definition) is 5. The van der Waals surface area contributed by atoms with Crippen LogP contribution < -0.4 is 14.8 Å². The van der Waals surface area contributed by atoms with Crippen molar-refractivity contribution in [3.05, 3.63) is 48.0 Å². The van der Waals surface area contributed by atoms with Gasteiger partial charge in [-0.2, -0.15) is 4.31 Å². The van der Waals surface area contributed by atoms with Gasteiger partial charge in [0.1, 0.15) is 0 Å². The minimum Gasteiger partial charge on any atom is -0.493 e. The molecule has 2 aromatic carbocycles. The third kappa shape index (κ3) is 5.37. The van der Waals surface area contributed by atoms with Gasteiger partial charge in [-0.15, -0.1) is 0 Å². The molecular weight excluding hydrogens is 416 g/mol. The molecule has 1 aliphatic heterocycles. The van der Waals surface area contributed by atoms with Crippen LogP contribution in [0.15, 0.2) is 47.4 Å². The highest BCUT2D eigenvalue weighted by Gasteiger charge is 2.32. The molecule has 3 rings (SSSR count). The van der Waals surface area contributed by atoms with E-state index in [0.29, 0.717) is 23.7 Å². The molecule has 0 radical (unpaired) electrons. The lowest BCUT2D eigenvalue weighted by molar-refractivity contribution is -0.115. The Kier molecular flexibility index (Phi) is 7.56. The molecule has 0 spiro atoms. The number of carbonyl (C=O) groups is 1. The zero-order chi connectivity index (χ0) is 22.4. The standard InChI is InChI=1S/C23H30N2O5S/c1-4-19-7-5-6-14-25(19)31(27,28)20-11-9-18(10-12-20)24-23(26)16-17-8-13-21(29-2)22(15-17)30-3/h8-13,15,19H,4-7,14,16H2,1-3H3,(H,24,26)/t19-/m0/s1. The zero-order valence-corrected chi connectivity index (χ0v) is 19.1. The largest absolute Gasteiger partial charge is 0.493 e. The molecule has 0 bridgehead atoms. The van der Waals surface area contributed by atoms with Crippen LogP contribution in [0.1, 0.15) is 38.2 Å². The molecule has 0 aromatic heterocycles. The Morgan fingerprint density at radius 2 is 1.77 bits per heavy atom. The second kappa shape index (κ2) is 10.2. The number of piperidine rings is 1. The first-order valence-electron chi connectivity index (χ1n) is 10.5. The molecule has 1 saturated heterocycles. The number of benzene rings is 2. The van der Waals surface area contributed by atoms with Crippen molar-refractivity contribution in [3.63, 3.8) is 0 Å². The molecular formula is C23H30N2O5S. The Morgan fingerprint density at radius 1 is 1.06 bits per heavy atom. The molecule has 1 aliphatic rings. The molecule has 1 atom stereocenters. The number of hydrogen-bond donors (Lipinski definition) is 1. The van der Waals surface area contributed by atoms with Crippen molar-refractivity contribution < 1.29 is 22.7 Å². The summed E-state index contributed by atoms with van der Waals surface area (Å²) < 4.78 is 38.2. The highest BCUT2D eigenvalue weighted by molar-refractivity contribution is 7.89. The van der Waals surface area contributed by atoms with E-state index in [1.807, 2.05) is 6.92 Å². The summed E-state index contributed by atoms with van der Waals surface area (Å²) >= 11 is 0. The quantitative estimate of drug-likeness (QED) is 0.666. The molecule has 2 aromatic rings. The van der Waals surface area contributed by atoms with Gasteiger partial charge in [0.05, 0.1) is 25.5 Å². The van der Waals surface area contributed by atoms with Crippen molar-refractivity contribution in [1.82, 2.24) is 4.31 Å². The van der Waals surface area contributed by atoms with Gasteiger partial charge in [-0.1, -0.05) is 19.4 Å². The van der Waals surface area contributed by atoms with Crippen LogP contribution in [-0.4, -0.2) is 45.4 Å². The smallest absolute Gasteiger partial charge is 0.243 e.